The second-order valence-electron chi connectivity index (χ2n) is 6.62. The van der Waals surface area contributed by atoms with Gasteiger partial charge in [0.2, 0.25) is 5.91 Å². The lowest BCUT2D eigenvalue weighted by atomic mass is 9.79. The molecule has 0 unspecified atom stereocenters. The molecule has 0 atom stereocenters. The highest BCUT2D eigenvalue weighted by Gasteiger charge is 2.44. The molecule has 1 saturated heterocycles. The summed E-state index contributed by atoms with van der Waals surface area (Å²) in [6.45, 7) is 7.85. The van der Waals surface area contributed by atoms with Crippen molar-refractivity contribution in [3.8, 4) is 0 Å². The van der Waals surface area contributed by atoms with Gasteiger partial charge >= 0.3 is 0 Å². The van der Waals surface area contributed by atoms with Gasteiger partial charge in [0.1, 0.15) is 10.5 Å². The number of morpholine rings is 1. The number of hydrogen-bond donors (Lipinski definition) is 1. The minimum Gasteiger partial charge on any atom is -0.379 e. The molecule has 1 aliphatic carbocycles. The molecule has 128 valence electrons. The fourth-order valence-corrected chi connectivity index (χ4v) is 4.62. The minimum atomic E-state index is -0.330. The number of amides is 1. The molecule has 1 N–H and O–H groups in total. The van der Waals surface area contributed by atoms with E-state index in [9.17, 15) is 4.79 Å². The number of aryl methyl sites for hydroxylation is 2. The summed E-state index contributed by atoms with van der Waals surface area (Å²) in [7, 11) is 0. The van der Waals surface area contributed by atoms with Gasteiger partial charge in [-0.05, 0) is 26.7 Å². The van der Waals surface area contributed by atoms with Crippen molar-refractivity contribution in [3.63, 3.8) is 0 Å². The molecule has 2 heterocycles. The van der Waals surface area contributed by atoms with Crippen LogP contribution in [0.2, 0.25) is 0 Å². The Hall–Kier alpha value is -0.980. The summed E-state index contributed by atoms with van der Waals surface area (Å²) < 4.78 is 5.48. The highest BCUT2D eigenvalue weighted by Crippen LogP contribution is 2.34. The van der Waals surface area contributed by atoms with Crippen molar-refractivity contribution >= 4 is 17.2 Å². The SMILES string of the molecule is Cc1nc(CNC(=O)C2(N3CCOCC3)CCCCC2)sc1C. The number of nitrogens with one attached hydrogen (secondary N) is 1. The predicted molar refractivity (Wildman–Crippen MR) is 91.6 cm³/mol. The van der Waals surface area contributed by atoms with Gasteiger partial charge in [-0.25, -0.2) is 4.98 Å². The molecule has 0 bridgehead atoms. The Bertz CT molecular complexity index is 527. The molecule has 1 amide bonds. The van der Waals surface area contributed by atoms with Gasteiger partial charge in [0.15, 0.2) is 0 Å². The van der Waals surface area contributed by atoms with E-state index in [0.717, 1.165) is 62.7 Å². The molecule has 5 nitrogen and oxygen atoms in total. The number of carbonyl (C=O) groups excluding carboxylic acids is 1. The maximum Gasteiger partial charge on any atom is 0.240 e. The molecule has 6 heteroatoms. The van der Waals surface area contributed by atoms with Crippen molar-refractivity contribution in [2.75, 3.05) is 26.3 Å². The maximum absolute atomic E-state index is 13.1. The van der Waals surface area contributed by atoms with Crippen molar-refractivity contribution in [2.45, 2.75) is 58.0 Å². The van der Waals surface area contributed by atoms with Crippen molar-refractivity contribution in [3.05, 3.63) is 15.6 Å². The van der Waals surface area contributed by atoms with Crippen LogP contribution in [0.5, 0.6) is 0 Å². The Morgan fingerprint density at radius 1 is 1.26 bits per heavy atom. The Kier molecular flexibility index (Phi) is 5.34. The van der Waals surface area contributed by atoms with Gasteiger partial charge in [-0.1, -0.05) is 19.3 Å². The van der Waals surface area contributed by atoms with Crippen LogP contribution in [0.3, 0.4) is 0 Å². The van der Waals surface area contributed by atoms with Crippen LogP contribution in [0.1, 0.15) is 47.7 Å². The van der Waals surface area contributed by atoms with Gasteiger partial charge in [0.05, 0.1) is 25.5 Å². The van der Waals surface area contributed by atoms with E-state index in [1.807, 2.05) is 6.92 Å². The zero-order valence-corrected chi connectivity index (χ0v) is 15.0. The zero-order valence-electron chi connectivity index (χ0n) is 14.2. The van der Waals surface area contributed by atoms with Crippen LogP contribution in [-0.2, 0) is 16.1 Å². The first kappa shape index (κ1) is 16.9. The van der Waals surface area contributed by atoms with Crippen LogP contribution < -0.4 is 5.32 Å². The molecule has 0 aromatic carbocycles. The summed E-state index contributed by atoms with van der Waals surface area (Å²) in [5.74, 6) is 0.185. The second-order valence-corrected chi connectivity index (χ2v) is 7.91. The van der Waals surface area contributed by atoms with Gasteiger partial charge in [-0.15, -0.1) is 11.3 Å². The van der Waals surface area contributed by atoms with Crippen LogP contribution in [0.25, 0.3) is 0 Å². The number of hydrogen-bond acceptors (Lipinski definition) is 5. The van der Waals surface area contributed by atoms with E-state index < -0.39 is 0 Å². The highest BCUT2D eigenvalue weighted by atomic mass is 32.1. The third-order valence-corrected chi connectivity index (χ3v) is 6.27. The van der Waals surface area contributed by atoms with Crippen molar-refractivity contribution in [1.82, 2.24) is 15.2 Å². The molecule has 23 heavy (non-hydrogen) atoms. The quantitative estimate of drug-likeness (QED) is 0.917. The second kappa shape index (κ2) is 7.28. The number of aromatic nitrogens is 1. The monoisotopic (exact) mass is 337 g/mol. The lowest BCUT2D eigenvalue weighted by Gasteiger charge is -2.46. The first-order valence-corrected chi connectivity index (χ1v) is 9.47. The summed E-state index contributed by atoms with van der Waals surface area (Å²) in [6, 6.07) is 0. The Balaban J connectivity index is 1.69. The average Bonchev–Trinajstić information content (AvgIpc) is 2.92. The van der Waals surface area contributed by atoms with Crippen LogP contribution in [0, 0.1) is 13.8 Å². The summed E-state index contributed by atoms with van der Waals surface area (Å²) >= 11 is 1.68. The minimum absolute atomic E-state index is 0.185. The summed E-state index contributed by atoms with van der Waals surface area (Å²) in [5, 5.41) is 4.18. The number of ether oxygens (including phenoxy) is 1. The van der Waals surface area contributed by atoms with Gasteiger partial charge in [-0.3, -0.25) is 9.69 Å². The fraction of sp³-hybridized carbons (Fsp3) is 0.765. The normalized spacial score (nSPS) is 22.0. The first-order chi connectivity index (χ1) is 11.1. The van der Waals surface area contributed by atoms with Crippen LogP contribution in [0.4, 0.5) is 0 Å². The summed E-state index contributed by atoms with van der Waals surface area (Å²) in [6.07, 6.45) is 5.45. The predicted octanol–water partition coefficient (Wildman–Crippen LogP) is 2.41. The van der Waals surface area contributed by atoms with E-state index in [1.54, 1.807) is 11.3 Å². The van der Waals surface area contributed by atoms with Crippen molar-refractivity contribution in [1.29, 1.82) is 0 Å². The van der Waals surface area contributed by atoms with Gasteiger partial charge in [0.25, 0.3) is 0 Å². The number of thiazole rings is 1. The van der Waals surface area contributed by atoms with E-state index >= 15 is 0 Å². The number of nitrogens with zero attached hydrogens (tertiary/aromatic N) is 2. The van der Waals surface area contributed by atoms with Crippen molar-refractivity contribution in [2.24, 2.45) is 0 Å². The topological polar surface area (TPSA) is 54.5 Å². The Morgan fingerprint density at radius 3 is 2.57 bits per heavy atom. The molecule has 3 rings (SSSR count). The molecule has 1 aliphatic heterocycles. The van der Waals surface area contributed by atoms with Crippen molar-refractivity contribution < 1.29 is 9.53 Å². The molecular formula is C17H27N3O2S. The highest BCUT2D eigenvalue weighted by molar-refractivity contribution is 7.11. The lowest BCUT2D eigenvalue weighted by Crippen LogP contribution is -2.62. The average molecular weight is 337 g/mol. The fourth-order valence-electron chi connectivity index (χ4n) is 3.75. The summed E-state index contributed by atoms with van der Waals surface area (Å²) in [4.78, 5) is 21.2. The van der Waals surface area contributed by atoms with Crippen LogP contribution in [-0.4, -0.2) is 47.6 Å². The third kappa shape index (κ3) is 3.59. The number of carbonyl (C=O) groups is 1. The summed E-state index contributed by atoms with van der Waals surface area (Å²) in [5.41, 5.74) is 0.739. The largest absolute Gasteiger partial charge is 0.379 e. The Labute approximate surface area is 142 Å². The number of rotatable bonds is 4. The van der Waals surface area contributed by atoms with Gasteiger partial charge in [-0.2, -0.15) is 0 Å². The third-order valence-electron chi connectivity index (χ3n) is 5.19. The maximum atomic E-state index is 13.1. The van der Waals surface area contributed by atoms with E-state index in [0.29, 0.717) is 6.54 Å². The van der Waals surface area contributed by atoms with E-state index in [-0.39, 0.29) is 11.4 Å². The molecule has 1 saturated carbocycles. The molecule has 2 fully saturated rings. The van der Waals surface area contributed by atoms with E-state index in [1.165, 1.54) is 11.3 Å². The lowest BCUT2D eigenvalue weighted by molar-refractivity contribution is -0.140. The Morgan fingerprint density at radius 2 is 1.96 bits per heavy atom. The van der Waals surface area contributed by atoms with E-state index in [4.69, 9.17) is 4.74 Å². The first-order valence-electron chi connectivity index (χ1n) is 8.66. The van der Waals surface area contributed by atoms with Gasteiger partial charge < -0.3 is 10.1 Å². The van der Waals surface area contributed by atoms with E-state index in [2.05, 4.69) is 22.1 Å². The van der Waals surface area contributed by atoms with Gasteiger partial charge in [0, 0.05) is 18.0 Å². The zero-order chi connectivity index (χ0) is 16.3. The van der Waals surface area contributed by atoms with Crippen LogP contribution in [0.15, 0.2) is 0 Å². The molecular weight excluding hydrogens is 310 g/mol. The molecule has 1 aromatic rings. The standard InChI is InChI=1S/C17H27N3O2S/c1-13-14(2)23-15(19-13)12-18-16(21)17(6-4-3-5-7-17)20-8-10-22-11-9-20/h3-12H2,1-2H3,(H,18,21). The molecule has 1 aromatic heterocycles. The smallest absolute Gasteiger partial charge is 0.240 e. The van der Waals surface area contributed by atoms with Crippen LogP contribution >= 0.6 is 11.3 Å². The molecule has 0 spiro atoms. The molecule has 0 radical (unpaired) electrons. The molecule has 2 aliphatic rings.